The van der Waals surface area contributed by atoms with Gasteiger partial charge in [-0.05, 0) is 31.4 Å². The van der Waals surface area contributed by atoms with E-state index in [1.54, 1.807) is 12.1 Å². The largest absolute Gasteiger partial charge is 0.552 e. The van der Waals surface area contributed by atoms with Crippen LogP contribution in [0.15, 0.2) is 48.5 Å². The maximum atomic E-state index is 13.2. The Morgan fingerprint density at radius 1 is 1.05 bits per heavy atom. The molecule has 12 nitrogen and oxygen atoms in total. The number of pyridine rings is 1. The highest BCUT2D eigenvalue weighted by Crippen LogP contribution is 2.19. The third kappa shape index (κ3) is 7.15. The highest BCUT2D eigenvalue weighted by molar-refractivity contribution is 6.50. The van der Waals surface area contributed by atoms with Gasteiger partial charge in [-0.15, -0.1) is 0 Å². The number of benzene rings is 1. The van der Waals surface area contributed by atoms with Gasteiger partial charge in [0.2, 0.25) is 5.91 Å². The Morgan fingerprint density at radius 3 is 2.34 bits per heavy atom. The number of hydrogen-bond acceptors (Lipinski definition) is 9. The predicted octanol–water partition coefficient (Wildman–Crippen LogP) is 0.174. The molecule has 0 unspecified atom stereocenters. The van der Waals surface area contributed by atoms with E-state index in [0.717, 1.165) is 5.56 Å². The highest BCUT2D eigenvalue weighted by Gasteiger charge is 2.49. The van der Waals surface area contributed by atoms with Crippen LogP contribution < -0.4 is 10.6 Å². The lowest BCUT2D eigenvalue weighted by Gasteiger charge is -2.34. The number of hydrogen-bond donors (Lipinski definition) is 5. The number of amides is 2. The van der Waals surface area contributed by atoms with Crippen LogP contribution >= 0.6 is 0 Å². The van der Waals surface area contributed by atoms with Gasteiger partial charge in [-0.1, -0.05) is 50.2 Å². The van der Waals surface area contributed by atoms with E-state index < -0.39 is 61.2 Å². The molecule has 2 amide bonds. The Kier molecular flexibility index (Phi) is 9.56. The average molecular weight is 527 g/mol. The summed E-state index contributed by atoms with van der Waals surface area (Å²) in [6.45, 7) is 4.93. The van der Waals surface area contributed by atoms with Gasteiger partial charge in [-0.3, -0.25) is 14.4 Å². The number of nitrogens with one attached hydrogen (secondary N) is 2. The Labute approximate surface area is 219 Å². The number of nitrogens with zero attached hydrogens (tertiary/aromatic N) is 1. The smallest absolute Gasteiger partial charge is 0.506 e. The molecule has 1 aliphatic rings. The molecule has 1 aromatic carbocycles. The Bertz CT molecular complexity index is 1160. The number of aliphatic hydroxyl groups excluding tert-OH is 2. The molecule has 2 heterocycles. The first kappa shape index (κ1) is 28.8. The summed E-state index contributed by atoms with van der Waals surface area (Å²) in [5.74, 6) is -5.43. The van der Waals surface area contributed by atoms with Gasteiger partial charge < -0.3 is 35.3 Å². The summed E-state index contributed by atoms with van der Waals surface area (Å²) in [7, 11) is -1.52. The van der Waals surface area contributed by atoms with Crippen molar-refractivity contribution in [1.82, 2.24) is 15.6 Å². The summed E-state index contributed by atoms with van der Waals surface area (Å²) in [5.41, 5.74) is 1.35. The van der Waals surface area contributed by atoms with E-state index in [2.05, 4.69) is 15.6 Å². The average Bonchev–Trinajstić information content (AvgIpc) is 2.88. The summed E-state index contributed by atoms with van der Waals surface area (Å²) >= 11 is 0. The van der Waals surface area contributed by atoms with Gasteiger partial charge in [0.1, 0.15) is 11.7 Å². The van der Waals surface area contributed by atoms with Crippen LogP contribution in [0.3, 0.4) is 0 Å². The molecule has 202 valence electrons. The van der Waals surface area contributed by atoms with Crippen molar-refractivity contribution >= 4 is 30.9 Å². The van der Waals surface area contributed by atoms with Gasteiger partial charge >= 0.3 is 19.1 Å². The third-order valence-corrected chi connectivity index (χ3v) is 5.77. The summed E-state index contributed by atoms with van der Waals surface area (Å²) in [6.07, 6.45) is -5.06. The van der Waals surface area contributed by atoms with Crippen LogP contribution in [0.4, 0.5) is 0 Å². The molecule has 5 N–H and O–H groups in total. The summed E-state index contributed by atoms with van der Waals surface area (Å²) < 4.78 is 10.3. The van der Waals surface area contributed by atoms with Crippen molar-refractivity contribution in [3.8, 4) is 11.3 Å². The Morgan fingerprint density at radius 2 is 1.74 bits per heavy atom. The van der Waals surface area contributed by atoms with E-state index in [0.29, 0.717) is 5.69 Å². The topological polar surface area (TPSA) is 184 Å². The zero-order valence-electron chi connectivity index (χ0n) is 21.1. The van der Waals surface area contributed by atoms with Crippen molar-refractivity contribution in [3.05, 3.63) is 54.2 Å². The lowest BCUT2D eigenvalue weighted by Crippen LogP contribution is -2.63. The van der Waals surface area contributed by atoms with Crippen LogP contribution in [0.1, 0.15) is 37.7 Å². The van der Waals surface area contributed by atoms with Crippen LogP contribution in [-0.4, -0.2) is 81.5 Å². The minimum absolute atomic E-state index is 0.0198. The fraction of sp³-hybridized carbons (Fsp3) is 0.400. The zero-order chi connectivity index (χ0) is 28.0. The van der Waals surface area contributed by atoms with E-state index in [9.17, 15) is 34.5 Å². The quantitative estimate of drug-likeness (QED) is 0.267. The summed E-state index contributed by atoms with van der Waals surface area (Å²) in [6, 6.07) is 12.6. The van der Waals surface area contributed by atoms with Crippen molar-refractivity contribution < 1.29 is 43.8 Å². The van der Waals surface area contributed by atoms with Gasteiger partial charge in [-0.2, -0.15) is 0 Å². The van der Waals surface area contributed by atoms with Crippen LogP contribution in [0.5, 0.6) is 0 Å². The molecule has 5 atom stereocenters. The molecule has 3 rings (SSSR count). The minimum atomic E-state index is -2.03. The number of carbonyl (C=O) groups excluding carboxylic acids is 3. The van der Waals surface area contributed by atoms with Gasteiger partial charge in [0.25, 0.3) is 5.91 Å². The second-order valence-corrected chi connectivity index (χ2v) is 9.36. The molecule has 1 aromatic heterocycles. The Balaban J connectivity index is 1.77. The fourth-order valence-electron chi connectivity index (χ4n) is 3.89. The van der Waals surface area contributed by atoms with Crippen molar-refractivity contribution in [1.29, 1.82) is 0 Å². The molecule has 13 heteroatoms. The van der Waals surface area contributed by atoms with Crippen LogP contribution in [0, 0.1) is 5.92 Å². The van der Waals surface area contributed by atoms with E-state index in [4.69, 9.17) is 9.31 Å². The minimum Gasteiger partial charge on any atom is -0.506 e. The molecule has 0 radical (unpaired) electrons. The van der Waals surface area contributed by atoms with E-state index in [1.807, 2.05) is 44.2 Å². The molecule has 1 aliphatic heterocycles. The van der Waals surface area contributed by atoms with Crippen LogP contribution in [0.25, 0.3) is 11.3 Å². The van der Waals surface area contributed by atoms with Gasteiger partial charge in [-0.25, -0.2) is 9.78 Å². The number of carboxylic acids is 1. The number of rotatable bonds is 10. The van der Waals surface area contributed by atoms with Crippen molar-refractivity contribution in [2.45, 2.75) is 57.5 Å². The Hall–Kier alpha value is -3.81. The normalized spacial score (nSPS) is 19.7. The van der Waals surface area contributed by atoms with Crippen molar-refractivity contribution in [3.63, 3.8) is 0 Å². The predicted molar refractivity (Wildman–Crippen MR) is 134 cm³/mol. The van der Waals surface area contributed by atoms with E-state index >= 15 is 0 Å². The first-order chi connectivity index (χ1) is 18.0. The lowest BCUT2D eigenvalue weighted by atomic mass is 9.72. The first-order valence-corrected chi connectivity index (χ1v) is 12.1. The molecule has 1 saturated heterocycles. The second-order valence-electron chi connectivity index (χ2n) is 9.36. The third-order valence-electron chi connectivity index (χ3n) is 5.77. The number of aromatic nitrogens is 1. The molecular formula is C25H30BN3O9. The fourth-order valence-corrected chi connectivity index (χ4v) is 3.89. The zero-order valence-corrected chi connectivity index (χ0v) is 21.1. The lowest BCUT2D eigenvalue weighted by molar-refractivity contribution is -0.172. The summed E-state index contributed by atoms with van der Waals surface area (Å²) in [4.78, 5) is 53.9. The molecule has 1 fully saturated rings. The van der Waals surface area contributed by atoms with Gasteiger partial charge in [0, 0.05) is 5.56 Å². The standard InChI is InChI=1S/C25H30BN3O9/c1-13(2)12-18(26-37-21(24(34)35)20(31)25(36)38-26)28-23(33)19(14(3)30)29-22(32)17-11-7-10-16(27-17)15-8-5-4-6-9-15/h4-11,13-14,18-21,30-31H,12H2,1-3H3,(H,28,33)(H,29,32)(H,34,35)/t14-,18+,19+,20+,21-/m1/s1. The van der Waals surface area contributed by atoms with Crippen LogP contribution in [-0.2, 0) is 23.7 Å². The number of carbonyl (C=O) groups is 4. The molecule has 0 saturated carbocycles. The maximum absolute atomic E-state index is 13.2. The monoisotopic (exact) mass is 527 g/mol. The van der Waals surface area contributed by atoms with Crippen molar-refractivity contribution in [2.75, 3.05) is 0 Å². The molecule has 0 spiro atoms. The second kappa shape index (κ2) is 12.6. The highest BCUT2D eigenvalue weighted by atomic mass is 16.7. The molecule has 2 aromatic rings. The number of aliphatic hydroxyl groups is 2. The van der Waals surface area contributed by atoms with Gasteiger partial charge in [0.15, 0.2) is 12.2 Å². The van der Waals surface area contributed by atoms with Crippen LogP contribution in [0.2, 0.25) is 0 Å². The SMILES string of the molecule is CC(C)C[C@H](NC(=O)[C@@H](NC(=O)c1cccc(-c2ccccc2)n1)[C@@H](C)O)B1OC(=O)[C@@H](O)[C@H](C(=O)O)O1. The number of carboxylic acid groups (broad SMARTS) is 1. The van der Waals surface area contributed by atoms with Crippen molar-refractivity contribution in [2.24, 2.45) is 5.92 Å². The maximum Gasteiger partial charge on any atom is 0.552 e. The number of aliphatic carboxylic acids is 1. The van der Waals surface area contributed by atoms with E-state index in [-0.39, 0.29) is 18.0 Å². The molecule has 38 heavy (non-hydrogen) atoms. The molecule has 0 aliphatic carbocycles. The molecule has 0 bridgehead atoms. The van der Waals surface area contributed by atoms with Gasteiger partial charge in [0.05, 0.1) is 17.7 Å². The first-order valence-electron chi connectivity index (χ1n) is 12.1. The molecular weight excluding hydrogens is 497 g/mol. The van der Waals surface area contributed by atoms with E-state index in [1.165, 1.54) is 13.0 Å². The summed E-state index contributed by atoms with van der Waals surface area (Å²) in [5, 5.41) is 34.4.